The normalized spacial score (nSPS) is 11.6. The average molecular weight is 250 g/mol. The molecule has 0 bridgehead atoms. The number of rotatable bonds is 4. The van der Waals surface area contributed by atoms with Gasteiger partial charge in [0.15, 0.2) is 0 Å². The van der Waals surface area contributed by atoms with Crippen molar-refractivity contribution in [3.05, 3.63) is 27.8 Å². The summed E-state index contributed by atoms with van der Waals surface area (Å²) < 4.78 is 0. The van der Waals surface area contributed by atoms with E-state index in [2.05, 4.69) is 37.7 Å². The van der Waals surface area contributed by atoms with Gasteiger partial charge in [0.25, 0.3) is 0 Å². The molecule has 0 aliphatic carbocycles. The molecular formula is C15H26N2O. The molecule has 0 radical (unpaired) electrons. The maximum Gasteiger partial charge on any atom is 0.123 e. The Kier molecular flexibility index (Phi) is 4.77. The van der Waals surface area contributed by atoms with E-state index >= 15 is 0 Å². The van der Waals surface area contributed by atoms with Crippen molar-refractivity contribution < 1.29 is 5.11 Å². The Balaban J connectivity index is 3.39. The number of nitrogens with zero attached hydrogens (tertiary/aromatic N) is 2. The third-order valence-corrected chi connectivity index (χ3v) is 3.51. The molecule has 0 spiro atoms. The Morgan fingerprint density at radius 2 is 1.17 bits per heavy atom. The van der Waals surface area contributed by atoms with Crippen LogP contribution >= 0.6 is 0 Å². The zero-order valence-electron chi connectivity index (χ0n) is 12.8. The van der Waals surface area contributed by atoms with Crippen molar-refractivity contribution >= 4 is 0 Å². The molecule has 0 aliphatic rings. The molecule has 1 aromatic carbocycles. The van der Waals surface area contributed by atoms with E-state index in [1.807, 2.05) is 21.0 Å². The Hall–Kier alpha value is -1.06. The van der Waals surface area contributed by atoms with Crippen molar-refractivity contribution in [3.8, 4) is 5.75 Å². The van der Waals surface area contributed by atoms with Gasteiger partial charge in [-0.25, -0.2) is 0 Å². The second-order valence-corrected chi connectivity index (χ2v) is 5.66. The molecule has 18 heavy (non-hydrogen) atoms. The van der Waals surface area contributed by atoms with E-state index in [9.17, 15) is 5.11 Å². The van der Waals surface area contributed by atoms with Gasteiger partial charge in [-0.05, 0) is 71.2 Å². The zero-order chi connectivity index (χ0) is 14.0. The van der Waals surface area contributed by atoms with E-state index in [1.165, 1.54) is 16.7 Å². The summed E-state index contributed by atoms with van der Waals surface area (Å²) in [5, 5.41) is 10.3. The fourth-order valence-electron chi connectivity index (χ4n) is 2.33. The van der Waals surface area contributed by atoms with Crippen molar-refractivity contribution in [3.63, 3.8) is 0 Å². The van der Waals surface area contributed by atoms with Gasteiger partial charge in [0, 0.05) is 18.7 Å². The number of aromatic hydroxyl groups is 1. The predicted octanol–water partition coefficient (Wildman–Crippen LogP) is 2.44. The molecule has 0 saturated heterocycles. The monoisotopic (exact) mass is 250 g/mol. The van der Waals surface area contributed by atoms with Gasteiger partial charge < -0.3 is 14.9 Å². The molecule has 1 aromatic rings. The van der Waals surface area contributed by atoms with Gasteiger partial charge in [-0.3, -0.25) is 0 Å². The zero-order valence-corrected chi connectivity index (χ0v) is 12.8. The molecule has 0 unspecified atom stereocenters. The van der Waals surface area contributed by atoms with E-state index in [4.69, 9.17) is 0 Å². The van der Waals surface area contributed by atoms with Gasteiger partial charge in [0.1, 0.15) is 5.75 Å². The van der Waals surface area contributed by atoms with Gasteiger partial charge in [-0.1, -0.05) is 0 Å². The van der Waals surface area contributed by atoms with E-state index in [-0.39, 0.29) is 0 Å². The summed E-state index contributed by atoms with van der Waals surface area (Å²) in [5.74, 6) is 0.459. The minimum atomic E-state index is 0.459. The van der Waals surface area contributed by atoms with E-state index in [0.29, 0.717) is 5.75 Å². The highest BCUT2D eigenvalue weighted by atomic mass is 16.3. The highest BCUT2D eigenvalue weighted by molar-refractivity contribution is 5.53. The first-order chi connectivity index (χ1) is 8.25. The SMILES string of the molecule is Cc1c(C)c(CN(C)C)c(C)c(CN(C)C)c1O. The van der Waals surface area contributed by atoms with Gasteiger partial charge >= 0.3 is 0 Å². The molecule has 1 rings (SSSR count). The molecule has 1 N–H and O–H groups in total. The summed E-state index contributed by atoms with van der Waals surface area (Å²) in [4.78, 5) is 4.27. The second kappa shape index (κ2) is 5.72. The van der Waals surface area contributed by atoms with Crippen molar-refractivity contribution in [2.45, 2.75) is 33.9 Å². The Morgan fingerprint density at radius 3 is 1.61 bits per heavy atom. The third-order valence-electron chi connectivity index (χ3n) is 3.51. The Morgan fingerprint density at radius 1 is 0.722 bits per heavy atom. The van der Waals surface area contributed by atoms with E-state index < -0.39 is 0 Å². The van der Waals surface area contributed by atoms with Crippen LogP contribution in [0.3, 0.4) is 0 Å². The minimum Gasteiger partial charge on any atom is -0.507 e. The van der Waals surface area contributed by atoms with Gasteiger partial charge in [-0.2, -0.15) is 0 Å². The molecule has 0 amide bonds. The fraction of sp³-hybridized carbons (Fsp3) is 0.600. The smallest absolute Gasteiger partial charge is 0.123 e. The summed E-state index contributed by atoms with van der Waals surface area (Å²) in [7, 11) is 8.21. The lowest BCUT2D eigenvalue weighted by molar-refractivity contribution is 0.378. The van der Waals surface area contributed by atoms with Crippen LogP contribution in [0.4, 0.5) is 0 Å². The van der Waals surface area contributed by atoms with E-state index in [1.54, 1.807) is 0 Å². The van der Waals surface area contributed by atoms with Crippen LogP contribution in [0.5, 0.6) is 5.75 Å². The number of phenolic OH excluding ortho intramolecular Hbond substituents is 1. The standard InChI is InChI=1S/C15H26N2O/c1-10-11(2)15(18)14(9-17(6)7)12(3)13(10)8-16(4)5/h18H,8-9H2,1-7H3. The molecular weight excluding hydrogens is 224 g/mol. The first-order valence-electron chi connectivity index (χ1n) is 6.35. The molecule has 0 fully saturated rings. The largest absolute Gasteiger partial charge is 0.507 e. The van der Waals surface area contributed by atoms with Crippen LogP contribution < -0.4 is 0 Å². The fourth-order valence-corrected chi connectivity index (χ4v) is 2.33. The van der Waals surface area contributed by atoms with Crippen LogP contribution in [0.1, 0.15) is 27.8 Å². The Labute approximate surface area is 111 Å². The number of hydrogen-bond acceptors (Lipinski definition) is 3. The van der Waals surface area contributed by atoms with Crippen LogP contribution in [0.2, 0.25) is 0 Å². The molecule has 3 nitrogen and oxygen atoms in total. The van der Waals surface area contributed by atoms with Crippen LogP contribution in [-0.4, -0.2) is 43.1 Å². The Bertz CT molecular complexity index is 400. The summed E-state index contributed by atoms with van der Waals surface area (Å²) in [6.07, 6.45) is 0. The molecule has 0 aliphatic heterocycles. The van der Waals surface area contributed by atoms with Gasteiger partial charge in [-0.15, -0.1) is 0 Å². The first-order valence-corrected chi connectivity index (χ1v) is 6.35. The highest BCUT2D eigenvalue weighted by Gasteiger charge is 2.17. The molecule has 0 aromatic heterocycles. The van der Waals surface area contributed by atoms with E-state index in [0.717, 1.165) is 24.2 Å². The van der Waals surface area contributed by atoms with Crippen molar-refractivity contribution in [2.75, 3.05) is 28.2 Å². The molecule has 0 heterocycles. The van der Waals surface area contributed by atoms with Crippen LogP contribution in [0.25, 0.3) is 0 Å². The van der Waals surface area contributed by atoms with Crippen LogP contribution in [0.15, 0.2) is 0 Å². The van der Waals surface area contributed by atoms with Crippen LogP contribution in [-0.2, 0) is 13.1 Å². The lowest BCUT2D eigenvalue weighted by Gasteiger charge is -2.23. The summed E-state index contributed by atoms with van der Waals surface area (Å²) >= 11 is 0. The molecule has 3 heteroatoms. The van der Waals surface area contributed by atoms with Crippen molar-refractivity contribution in [1.82, 2.24) is 9.80 Å². The minimum absolute atomic E-state index is 0.459. The summed E-state index contributed by atoms with van der Waals surface area (Å²) in [6.45, 7) is 7.91. The van der Waals surface area contributed by atoms with Crippen LogP contribution in [0, 0.1) is 20.8 Å². The number of benzene rings is 1. The number of hydrogen-bond donors (Lipinski definition) is 1. The second-order valence-electron chi connectivity index (χ2n) is 5.66. The summed E-state index contributed by atoms with van der Waals surface area (Å²) in [6, 6.07) is 0. The third kappa shape index (κ3) is 3.03. The topological polar surface area (TPSA) is 26.7 Å². The highest BCUT2D eigenvalue weighted by Crippen LogP contribution is 2.33. The van der Waals surface area contributed by atoms with Crippen molar-refractivity contribution in [1.29, 1.82) is 0 Å². The quantitative estimate of drug-likeness (QED) is 0.889. The molecule has 0 atom stereocenters. The van der Waals surface area contributed by atoms with Gasteiger partial charge in [0.05, 0.1) is 0 Å². The lowest BCUT2D eigenvalue weighted by atomic mass is 9.92. The average Bonchev–Trinajstić information content (AvgIpc) is 2.27. The first kappa shape index (κ1) is 15.0. The number of phenols is 1. The summed E-state index contributed by atoms with van der Waals surface area (Å²) in [5.41, 5.74) is 5.83. The molecule has 102 valence electrons. The van der Waals surface area contributed by atoms with Gasteiger partial charge in [0.2, 0.25) is 0 Å². The maximum absolute atomic E-state index is 10.3. The maximum atomic E-state index is 10.3. The molecule has 0 saturated carbocycles. The lowest BCUT2D eigenvalue weighted by Crippen LogP contribution is -2.17. The van der Waals surface area contributed by atoms with Crippen molar-refractivity contribution in [2.24, 2.45) is 0 Å². The predicted molar refractivity (Wildman–Crippen MR) is 77.1 cm³/mol.